The van der Waals surface area contributed by atoms with Gasteiger partial charge in [0.25, 0.3) is 6.47 Å². The normalized spacial score (nSPS) is 11.1. The summed E-state index contributed by atoms with van der Waals surface area (Å²) in [6.07, 6.45) is 1.42. The second-order valence-corrected chi connectivity index (χ2v) is 5.52. The van der Waals surface area contributed by atoms with Gasteiger partial charge < -0.3 is 14.7 Å². The lowest BCUT2D eigenvalue weighted by Gasteiger charge is -2.21. The van der Waals surface area contributed by atoms with Gasteiger partial charge in [-0.3, -0.25) is 4.79 Å². The van der Waals surface area contributed by atoms with Crippen LogP contribution < -0.4 is 9.64 Å². The van der Waals surface area contributed by atoms with E-state index in [1.165, 1.54) is 19.1 Å². The SMILES string of the molecule is C/C(=C\c1ccc(N(C)Cc2ccccc2F)cc1OC=O)C(=O)O. The molecular weight excluding hydrogens is 325 g/mol. The second-order valence-electron chi connectivity index (χ2n) is 5.52. The fourth-order valence-corrected chi connectivity index (χ4v) is 2.30. The Bertz CT molecular complexity index is 817. The number of carbonyl (C=O) groups excluding carboxylic acids is 1. The molecule has 25 heavy (non-hydrogen) atoms. The first-order chi connectivity index (χ1) is 11.9. The van der Waals surface area contributed by atoms with E-state index in [1.807, 2.05) is 0 Å². The average Bonchev–Trinajstić information content (AvgIpc) is 2.58. The molecule has 0 fully saturated rings. The van der Waals surface area contributed by atoms with Gasteiger partial charge in [-0.05, 0) is 31.2 Å². The van der Waals surface area contributed by atoms with Gasteiger partial charge in [0.2, 0.25) is 0 Å². The molecule has 2 aromatic rings. The Morgan fingerprint density at radius 1 is 1.28 bits per heavy atom. The van der Waals surface area contributed by atoms with Gasteiger partial charge in [-0.15, -0.1) is 0 Å². The number of benzene rings is 2. The molecule has 0 atom stereocenters. The minimum Gasteiger partial charge on any atom is -0.478 e. The average molecular weight is 343 g/mol. The van der Waals surface area contributed by atoms with Crippen LogP contribution in [0.25, 0.3) is 6.08 Å². The fourth-order valence-electron chi connectivity index (χ4n) is 2.30. The van der Waals surface area contributed by atoms with Crippen molar-refractivity contribution >= 4 is 24.2 Å². The van der Waals surface area contributed by atoms with Crippen LogP contribution in [0.15, 0.2) is 48.0 Å². The Morgan fingerprint density at radius 2 is 2.00 bits per heavy atom. The number of hydrogen-bond donors (Lipinski definition) is 1. The highest BCUT2D eigenvalue weighted by Crippen LogP contribution is 2.28. The number of anilines is 1. The van der Waals surface area contributed by atoms with Crippen molar-refractivity contribution in [1.82, 2.24) is 0 Å². The van der Waals surface area contributed by atoms with E-state index in [-0.39, 0.29) is 23.6 Å². The molecule has 0 aliphatic carbocycles. The summed E-state index contributed by atoms with van der Waals surface area (Å²) in [5.41, 5.74) is 1.82. The number of halogens is 1. The molecule has 0 aliphatic rings. The Balaban J connectivity index is 2.31. The quantitative estimate of drug-likeness (QED) is 0.616. The number of hydrogen-bond acceptors (Lipinski definition) is 4. The molecule has 0 heterocycles. The lowest BCUT2D eigenvalue weighted by Crippen LogP contribution is -2.17. The molecular formula is C19H18FNO4. The minimum absolute atomic E-state index is 0.114. The zero-order chi connectivity index (χ0) is 18.4. The Morgan fingerprint density at radius 3 is 2.64 bits per heavy atom. The Labute approximate surface area is 145 Å². The molecule has 0 unspecified atom stereocenters. The molecule has 2 rings (SSSR count). The summed E-state index contributed by atoms with van der Waals surface area (Å²) in [5.74, 6) is -1.12. The van der Waals surface area contributed by atoms with Crippen LogP contribution in [-0.2, 0) is 16.1 Å². The molecule has 0 bridgehead atoms. The molecule has 0 aliphatic heterocycles. The fraction of sp³-hybridized carbons (Fsp3) is 0.158. The van der Waals surface area contributed by atoms with Crippen molar-refractivity contribution in [2.75, 3.05) is 11.9 Å². The van der Waals surface area contributed by atoms with Gasteiger partial charge in [-0.2, -0.15) is 0 Å². The second kappa shape index (κ2) is 8.10. The summed E-state index contributed by atoms with van der Waals surface area (Å²) >= 11 is 0. The lowest BCUT2D eigenvalue weighted by molar-refractivity contribution is -0.132. The van der Waals surface area contributed by atoms with E-state index in [1.54, 1.807) is 48.3 Å². The monoisotopic (exact) mass is 343 g/mol. The van der Waals surface area contributed by atoms with E-state index < -0.39 is 5.97 Å². The highest BCUT2D eigenvalue weighted by Gasteiger charge is 2.11. The standard InChI is InChI=1S/C19H18FNO4/c1-13(19(23)24)9-14-7-8-16(10-18(14)25-12-22)21(2)11-15-5-3-4-6-17(15)20/h3-10,12H,11H2,1-2H3,(H,23,24)/b13-9+. The topological polar surface area (TPSA) is 66.8 Å². The number of carboxylic acid groups (broad SMARTS) is 1. The maximum absolute atomic E-state index is 13.8. The molecule has 0 saturated carbocycles. The first-order valence-electron chi connectivity index (χ1n) is 7.53. The van der Waals surface area contributed by atoms with Gasteiger partial charge in [-0.25, -0.2) is 9.18 Å². The maximum Gasteiger partial charge on any atom is 0.331 e. The van der Waals surface area contributed by atoms with E-state index >= 15 is 0 Å². The van der Waals surface area contributed by atoms with Gasteiger partial charge in [0.05, 0.1) is 0 Å². The molecule has 1 N–H and O–H groups in total. The van der Waals surface area contributed by atoms with Crippen LogP contribution in [-0.4, -0.2) is 24.6 Å². The molecule has 0 radical (unpaired) electrons. The highest BCUT2D eigenvalue weighted by atomic mass is 19.1. The van der Waals surface area contributed by atoms with Gasteiger partial charge >= 0.3 is 5.97 Å². The van der Waals surface area contributed by atoms with E-state index in [0.29, 0.717) is 23.4 Å². The van der Waals surface area contributed by atoms with Crippen LogP contribution in [0.2, 0.25) is 0 Å². The number of carboxylic acids is 1. The third kappa shape index (κ3) is 4.67. The number of rotatable bonds is 7. The van der Waals surface area contributed by atoms with Gasteiger partial charge in [0.1, 0.15) is 11.6 Å². The van der Waals surface area contributed by atoms with Crippen molar-refractivity contribution in [3.05, 3.63) is 65.0 Å². The van der Waals surface area contributed by atoms with Gasteiger partial charge in [0.15, 0.2) is 0 Å². The Hall–Kier alpha value is -3.15. The predicted molar refractivity (Wildman–Crippen MR) is 92.9 cm³/mol. The summed E-state index contributed by atoms with van der Waals surface area (Å²) in [4.78, 5) is 23.5. The van der Waals surface area contributed by atoms with Crippen molar-refractivity contribution in [2.45, 2.75) is 13.5 Å². The largest absolute Gasteiger partial charge is 0.478 e. The summed E-state index contributed by atoms with van der Waals surface area (Å²) in [7, 11) is 1.78. The van der Waals surface area contributed by atoms with E-state index in [0.717, 1.165) is 0 Å². The zero-order valence-corrected chi connectivity index (χ0v) is 13.9. The highest BCUT2D eigenvalue weighted by molar-refractivity contribution is 5.92. The molecule has 6 heteroatoms. The van der Waals surface area contributed by atoms with Crippen molar-refractivity contribution < 1.29 is 23.8 Å². The van der Waals surface area contributed by atoms with Crippen molar-refractivity contribution in [2.24, 2.45) is 0 Å². The smallest absolute Gasteiger partial charge is 0.331 e. The van der Waals surface area contributed by atoms with Crippen LogP contribution in [0.3, 0.4) is 0 Å². The predicted octanol–water partition coefficient (Wildman–Crippen LogP) is 3.49. The molecule has 130 valence electrons. The summed E-state index contributed by atoms with van der Waals surface area (Å²) in [6.45, 7) is 2.06. The lowest BCUT2D eigenvalue weighted by atomic mass is 10.1. The summed E-state index contributed by atoms with van der Waals surface area (Å²) in [6, 6.07) is 11.5. The zero-order valence-electron chi connectivity index (χ0n) is 13.9. The van der Waals surface area contributed by atoms with E-state index in [4.69, 9.17) is 9.84 Å². The molecule has 5 nitrogen and oxygen atoms in total. The third-order valence-corrected chi connectivity index (χ3v) is 3.69. The van der Waals surface area contributed by atoms with Crippen LogP contribution in [0.1, 0.15) is 18.1 Å². The van der Waals surface area contributed by atoms with Crippen LogP contribution >= 0.6 is 0 Å². The van der Waals surface area contributed by atoms with Crippen LogP contribution in [0.5, 0.6) is 5.75 Å². The van der Waals surface area contributed by atoms with E-state index in [2.05, 4.69) is 0 Å². The summed E-state index contributed by atoms with van der Waals surface area (Å²) in [5, 5.41) is 8.97. The number of aliphatic carboxylic acids is 1. The van der Waals surface area contributed by atoms with Gasteiger partial charge in [0, 0.05) is 42.0 Å². The molecule has 0 aromatic heterocycles. The molecule has 2 aromatic carbocycles. The maximum atomic E-state index is 13.8. The number of carbonyl (C=O) groups is 2. The Kier molecular flexibility index (Phi) is 5.89. The number of ether oxygens (including phenoxy) is 1. The van der Waals surface area contributed by atoms with Crippen LogP contribution in [0.4, 0.5) is 10.1 Å². The molecule has 0 amide bonds. The molecule has 0 saturated heterocycles. The number of nitrogens with zero attached hydrogens (tertiary/aromatic N) is 1. The summed E-state index contributed by atoms with van der Waals surface area (Å²) < 4.78 is 18.8. The third-order valence-electron chi connectivity index (χ3n) is 3.69. The van der Waals surface area contributed by atoms with Crippen molar-refractivity contribution in [3.8, 4) is 5.75 Å². The first kappa shape index (κ1) is 18.2. The minimum atomic E-state index is -1.06. The van der Waals surface area contributed by atoms with Crippen LogP contribution in [0, 0.1) is 5.82 Å². The van der Waals surface area contributed by atoms with Crippen molar-refractivity contribution in [3.63, 3.8) is 0 Å². The van der Waals surface area contributed by atoms with Crippen molar-refractivity contribution in [1.29, 1.82) is 0 Å². The van der Waals surface area contributed by atoms with Gasteiger partial charge in [-0.1, -0.05) is 18.2 Å². The first-order valence-corrected chi connectivity index (χ1v) is 7.53. The van der Waals surface area contributed by atoms with E-state index in [9.17, 15) is 14.0 Å². The molecule has 0 spiro atoms.